The van der Waals surface area contributed by atoms with Crippen molar-refractivity contribution in [3.63, 3.8) is 0 Å². The van der Waals surface area contributed by atoms with Gasteiger partial charge in [0.15, 0.2) is 5.96 Å². The number of rotatable bonds is 5. The van der Waals surface area contributed by atoms with Crippen LogP contribution in [0, 0.1) is 0 Å². The molecule has 21 heavy (non-hydrogen) atoms. The number of guanidine groups is 1. The van der Waals surface area contributed by atoms with E-state index in [1.807, 2.05) is 42.2 Å². The largest absolute Gasteiger partial charge is 0.354 e. The van der Waals surface area contributed by atoms with Crippen molar-refractivity contribution >= 4 is 17.6 Å². The maximum atomic E-state index is 6.01. The number of nitrogens with zero attached hydrogens (tertiary/aromatic N) is 4. The summed E-state index contributed by atoms with van der Waals surface area (Å²) in [6.07, 6.45) is 3.72. The Bertz CT molecular complexity index is 580. The molecule has 112 valence electrons. The van der Waals surface area contributed by atoms with Crippen LogP contribution >= 0.6 is 11.6 Å². The minimum Gasteiger partial charge on any atom is -0.354 e. The minimum absolute atomic E-state index is 0.752. The highest BCUT2D eigenvalue weighted by Gasteiger charge is 2.06. The van der Waals surface area contributed by atoms with Crippen LogP contribution in [0.3, 0.4) is 0 Å². The van der Waals surface area contributed by atoms with Gasteiger partial charge in [-0.3, -0.25) is 9.67 Å². The molecule has 0 aliphatic carbocycles. The van der Waals surface area contributed by atoms with Gasteiger partial charge in [-0.25, -0.2) is 0 Å². The monoisotopic (exact) mass is 305 g/mol. The summed E-state index contributed by atoms with van der Waals surface area (Å²) in [4.78, 5) is 6.36. The van der Waals surface area contributed by atoms with Gasteiger partial charge in [-0.15, -0.1) is 0 Å². The van der Waals surface area contributed by atoms with Gasteiger partial charge in [0.2, 0.25) is 0 Å². The molecule has 1 N–H and O–H groups in total. The van der Waals surface area contributed by atoms with Crippen LogP contribution in [-0.2, 0) is 13.1 Å². The lowest BCUT2D eigenvalue weighted by Gasteiger charge is -2.22. The molecule has 0 saturated heterocycles. The zero-order valence-electron chi connectivity index (χ0n) is 12.3. The molecular formula is C15H20ClN5. The van der Waals surface area contributed by atoms with Crippen LogP contribution in [0.1, 0.15) is 5.56 Å². The minimum atomic E-state index is 0.752. The molecule has 0 spiro atoms. The smallest absolute Gasteiger partial charge is 0.193 e. The van der Waals surface area contributed by atoms with Crippen molar-refractivity contribution in [3.05, 3.63) is 53.3 Å². The average molecular weight is 306 g/mol. The maximum absolute atomic E-state index is 6.01. The summed E-state index contributed by atoms with van der Waals surface area (Å²) in [6, 6.07) is 9.77. The Labute approximate surface area is 130 Å². The number of nitrogens with one attached hydrogen (secondary N) is 1. The summed E-state index contributed by atoms with van der Waals surface area (Å²) in [5.74, 6) is 0.849. The van der Waals surface area contributed by atoms with Crippen molar-refractivity contribution in [2.45, 2.75) is 13.1 Å². The van der Waals surface area contributed by atoms with Gasteiger partial charge in [-0.05, 0) is 23.8 Å². The highest BCUT2D eigenvalue weighted by atomic mass is 35.5. The normalized spacial score (nSPS) is 11.5. The van der Waals surface area contributed by atoms with Crippen LogP contribution in [0.2, 0.25) is 5.02 Å². The molecule has 1 aromatic heterocycles. The highest BCUT2D eigenvalue weighted by Crippen LogP contribution is 2.12. The van der Waals surface area contributed by atoms with Crippen molar-refractivity contribution in [1.29, 1.82) is 0 Å². The fourth-order valence-corrected chi connectivity index (χ4v) is 2.30. The van der Waals surface area contributed by atoms with Crippen molar-refractivity contribution in [2.75, 3.05) is 20.6 Å². The molecule has 0 saturated carbocycles. The third-order valence-corrected chi connectivity index (χ3v) is 3.30. The molecule has 1 heterocycles. The molecular weight excluding hydrogens is 286 g/mol. The third-order valence-electron chi connectivity index (χ3n) is 3.07. The number of aromatic nitrogens is 2. The summed E-state index contributed by atoms with van der Waals surface area (Å²) in [5.41, 5.74) is 1.15. The number of aliphatic imine (C=N–C) groups is 1. The molecule has 0 unspecified atom stereocenters. The Kier molecular flexibility index (Phi) is 5.63. The molecule has 0 amide bonds. The Morgan fingerprint density at radius 1 is 1.43 bits per heavy atom. The second-order valence-electron chi connectivity index (χ2n) is 4.73. The first-order valence-corrected chi connectivity index (χ1v) is 7.20. The summed E-state index contributed by atoms with van der Waals surface area (Å²) in [5, 5.41) is 8.25. The third kappa shape index (κ3) is 4.79. The van der Waals surface area contributed by atoms with Gasteiger partial charge in [-0.1, -0.05) is 23.7 Å². The Hall–Kier alpha value is -2.01. The van der Waals surface area contributed by atoms with Crippen LogP contribution < -0.4 is 5.32 Å². The molecule has 1 aromatic carbocycles. The Balaban J connectivity index is 1.85. The van der Waals surface area contributed by atoms with E-state index in [1.165, 1.54) is 0 Å². The quantitative estimate of drug-likeness (QED) is 0.681. The van der Waals surface area contributed by atoms with E-state index in [4.69, 9.17) is 11.6 Å². The van der Waals surface area contributed by atoms with E-state index in [0.29, 0.717) is 0 Å². The van der Waals surface area contributed by atoms with Gasteiger partial charge >= 0.3 is 0 Å². The van der Waals surface area contributed by atoms with E-state index >= 15 is 0 Å². The SMILES string of the molecule is CN=C(NCCn1cccn1)N(C)Cc1cccc(Cl)c1. The van der Waals surface area contributed by atoms with Crippen LogP contribution in [0.15, 0.2) is 47.7 Å². The molecule has 2 aromatic rings. The van der Waals surface area contributed by atoms with Crippen LogP contribution in [0.25, 0.3) is 0 Å². The number of hydrogen-bond acceptors (Lipinski definition) is 2. The lowest BCUT2D eigenvalue weighted by atomic mass is 10.2. The molecule has 0 radical (unpaired) electrons. The Morgan fingerprint density at radius 2 is 2.29 bits per heavy atom. The molecule has 0 aliphatic rings. The molecule has 0 aliphatic heterocycles. The first kappa shape index (κ1) is 15.4. The van der Waals surface area contributed by atoms with E-state index < -0.39 is 0 Å². The van der Waals surface area contributed by atoms with Gasteiger partial charge < -0.3 is 10.2 Å². The average Bonchev–Trinajstić information content (AvgIpc) is 2.96. The number of halogens is 1. The van der Waals surface area contributed by atoms with Gasteiger partial charge in [0.1, 0.15) is 0 Å². The second kappa shape index (κ2) is 7.69. The molecule has 0 bridgehead atoms. The fourth-order valence-electron chi connectivity index (χ4n) is 2.08. The van der Waals surface area contributed by atoms with Gasteiger partial charge in [0.25, 0.3) is 0 Å². The second-order valence-corrected chi connectivity index (χ2v) is 5.17. The summed E-state index contributed by atoms with van der Waals surface area (Å²) < 4.78 is 1.89. The highest BCUT2D eigenvalue weighted by molar-refractivity contribution is 6.30. The van der Waals surface area contributed by atoms with Gasteiger partial charge in [0.05, 0.1) is 6.54 Å². The molecule has 0 fully saturated rings. The summed E-state index contributed by atoms with van der Waals surface area (Å²) in [6.45, 7) is 2.33. The standard InChI is InChI=1S/C15H20ClN5/c1-17-15(18-8-10-21-9-4-7-19-21)20(2)12-13-5-3-6-14(16)11-13/h3-7,9,11H,8,10,12H2,1-2H3,(H,17,18). The Morgan fingerprint density at radius 3 is 2.95 bits per heavy atom. The summed E-state index contributed by atoms with van der Waals surface area (Å²) in [7, 11) is 3.79. The predicted molar refractivity (Wildman–Crippen MR) is 86.5 cm³/mol. The molecule has 0 atom stereocenters. The van der Waals surface area contributed by atoms with E-state index in [9.17, 15) is 0 Å². The topological polar surface area (TPSA) is 45.5 Å². The van der Waals surface area contributed by atoms with Crippen molar-refractivity contribution in [3.8, 4) is 0 Å². The van der Waals surface area contributed by atoms with Gasteiger partial charge in [-0.2, -0.15) is 5.10 Å². The lowest BCUT2D eigenvalue weighted by Crippen LogP contribution is -2.39. The van der Waals surface area contributed by atoms with Crippen molar-refractivity contribution in [1.82, 2.24) is 20.0 Å². The molecule has 5 nitrogen and oxygen atoms in total. The lowest BCUT2D eigenvalue weighted by molar-refractivity contribution is 0.470. The van der Waals surface area contributed by atoms with E-state index in [0.717, 1.165) is 36.2 Å². The van der Waals surface area contributed by atoms with Crippen LogP contribution in [0.4, 0.5) is 0 Å². The maximum Gasteiger partial charge on any atom is 0.193 e. The van der Waals surface area contributed by atoms with E-state index in [1.54, 1.807) is 13.2 Å². The molecule has 2 rings (SSSR count). The molecule has 6 heteroatoms. The first-order chi connectivity index (χ1) is 10.2. The van der Waals surface area contributed by atoms with Crippen LogP contribution in [-0.4, -0.2) is 41.3 Å². The predicted octanol–water partition coefficient (Wildman–Crippen LogP) is 2.24. The van der Waals surface area contributed by atoms with Crippen molar-refractivity contribution < 1.29 is 0 Å². The first-order valence-electron chi connectivity index (χ1n) is 6.82. The van der Waals surface area contributed by atoms with Crippen LogP contribution in [0.5, 0.6) is 0 Å². The number of benzene rings is 1. The fraction of sp³-hybridized carbons (Fsp3) is 0.333. The van der Waals surface area contributed by atoms with Gasteiger partial charge in [0, 0.05) is 44.6 Å². The zero-order valence-corrected chi connectivity index (χ0v) is 13.1. The zero-order chi connectivity index (χ0) is 15.1. The van der Waals surface area contributed by atoms with E-state index in [-0.39, 0.29) is 0 Å². The van der Waals surface area contributed by atoms with E-state index in [2.05, 4.69) is 26.4 Å². The van der Waals surface area contributed by atoms with Crippen molar-refractivity contribution in [2.24, 2.45) is 4.99 Å². The summed E-state index contributed by atoms with van der Waals surface area (Å²) >= 11 is 6.01. The number of hydrogen-bond donors (Lipinski definition) is 1.